The molecule has 4 rings (SSSR count). The minimum atomic E-state index is 0.544. The van der Waals surface area contributed by atoms with Gasteiger partial charge in [0.05, 0.1) is 5.69 Å². The SMILES string of the molecule is c1csc(CN2C3CCC2c2cncnc2C3)c1. The van der Waals surface area contributed by atoms with Gasteiger partial charge < -0.3 is 0 Å². The van der Waals surface area contributed by atoms with E-state index in [2.05, 4.69) is 32.4 Å². The average molecular weight is 257 g/mol. The topological polar surface area (TPSA) is 29.0 Å². The highest BCUT2D eigenvalue weighted by Crippen LogP contribution is 2.43. The van der Waals surface area contributed by atoms with E-state index in [1.54, 1.807) is 6.33 Å². The highest BCUT2D eigenvalue weighted by atomic mass is 32.1. The number of hydrogen-bond donors (Lipinski definition) is 0. The molecule has 0 radical (unpaired) electrons. The van der Waals surface area contributed by atoms with Crippen LogP contribution in [0.2, 0.25) is 0 Å². The van der Waals surface area contributed by atoms with E-state index in [0.717, 1.165) is 13.0 Å². The standard InChI is InChI=1S/C14H15N3S/c1-2-11(18-5-1)8-17-10-3-4-14(17)12-7-15-9-16-13(12)6-10/h1-2,5,7,9-10,14H,3-4,6,8H2. The first-order valence-corrected chi connectivity index (χ1v) is 7.36. The van der Waals surface area contributed by atoms with Crippen molar-refractivity contribution in [3.63, 3.8) is 0 Å². The summed E-state index contributed by atoms with van der Waals surface area (Å²) < 4.78 is 0. The minimum absolute atomic E-state index is 0.544. The lowest BCUT2D eigenvalue weighted by Gasteiger charge is -2.35. The van der Waals surface area contributed by atoms with Gasteiger partial charge in [-0.25, -0.2) is 9.97 Å². The van der Waals surface area contributed by atoms with Gasteiger partial charge in [0.2, 0.25) is 0 Å². The molecule has 4 heteroatoms. The fourth-order valence-electron chi connectivity index (χ4n) is 3.35. The van der Waals surface area contributed by atoms with Crippen LogP contribution in [-0.2, 0) is 13.0 Å². The highest BCUT2D eigenvalue weighted by molar-refractivity contribution is 7.09. The van der Waals surface area contributed by atoms with Crippen molar-refractivity contribution in [3.8, 4) is 0 Å². The van der Waals surface area contributed by atoms with Gasteiger partial charge in [0.25, 0.3) is 0 Å². The molecule has 2 aromatic heterocycles. The number of fused-ring (bicyclic) bond motifs is 4. The van der Waals surface area contributed by atoms with Gasteiger partial charge in [-0.2, -0.15) is 0 Å². The Balaban J connectivity index is 1.67. The van der Waals surface area contributed by atoms with Crippen LogP contribution in [-0.4, -0.2) is 20.9 Å². The first kappa shape index (κ1) is 10.6. The lowest BCUT2D eigenvalue weighted by molar-refractivity contribution is 0.168. The number of nitrogens with zero attached hydrogens (tertiary/aromatic N) is 3. The monoisotopic (exact) mass is 257 g/mol. The van der Waals surface area contributed by atoms with Gasteiger partial charge in [-0.3, -0.25) is 4.90 Å². The molecule has 1 saturated heterocycles. The van der Waals surface area contributed by atoms with Crippen molar-refractivity contribution in [2.75, 3.05) is 0 Å². The van der Waals surface area contributed by atoms with Gasteiger partial charge in [0.1, 0.15) is 6.33 Å². The van der Waals surface area contributed by atoms with Gasteiger partial charge in [-0.1, -0.05) is 6.07 Å². The average Bonchev–Trinajstić information content (AvgIpc) is 2.99. The molecule has 0 aromatic carbocycles. The number of rotatable bonds is 2. The molecule has 3 nitrogen and oxygen atoms in total. The van der Waals surface area contributed by atoms with Crippen molar-refractivity contribution in [1.82, 2.24) is 14.9 Å². The number of aromatic nitrogens is 2. The van der Waals surface area contributed by atoms with Crippen molar-refractivity contribution in [1.29, 1.82) is 0 Å². The van der Waals surface area contributed by atoms with Gasteiger partial charge >= 0.3 is 0 Å². The normalized spacial score (nSPS) is 26.2. The molecule has 0 spiro atoms. The summed E-state index contributed by atoms with van der Waals surface area (Å²) >= 11 is 1.86. The van der Waals surface area contributed by atoms with Gasteiger partial charge in [-0.15, -0.1) is 11.3 Å². The van der Waals surface area contributed by atoms with Crippen molar-refractivity contribution < 1.29 is 0 Å². The summed E-state index contributed by atoms with van der Waals surface area (Å²) in [4.78, 5) is 12.8. The number of thiophene rings is 1. The molecule has 2 aliphatic heterocycles. The summed E-state index contributed by atoms with van der Waals surface area (Å²) in [6, 6.07) is 5.60. The van der Waals surface area contributed by atoms with Crippen LogP contribution >= 0.6 is 11.3 Å². The van der Waals surface area contributed by atoms with Crippen LogP contribution in [0.3, 0.4) is 0 Å². The van der Waals surface area contributed by atoms with E-state index in [1.807, 2.05) is 17.5 Å². The first-order valence-electron chi connectivity index (χ1n) is 6.49. The Hall–Kier alpha value is -1.26. The third-order valence-corrected chi connectivity index (χ3v) is 5.04. The second-order valence-electron chi connectivity index (χ2n) is 5.13. The van der Waals surface area contributed by atoms with Crippen LogP contribution in [0.15, 0.2) is 30.0 Å². The predicted molar refractivity (Wildman–Crippen MR) is 71.4 cm³/mol. The summed E-state index contributed by atoms with van der Waals surface area (Å²) in [6.45, 7) is 1.08. The third-order valence-electron chi connectivity index (χ3n) is 4.18. The Morgan fingerprint density at radius 1 is 1.39 bits per heavy atom. The van der Waals surface area contributed by atoms with Crippen LogP contribution in [0.5, 0.6) is 0 Å². The van der Waals surface area contributed by atoms with Gasteiger partial charge in [-0.05, 0) is 24.3 Å². The van der Waals surface area contributed by atoms with E-state index in [1.165, 1.54) is 29.0 Å². The Kier molecular flexibility index (Phi) is 2.45. The van der Waals surface area contributed by atoms with Crippen LogP contribution in [0, 0.1) is 0 Å². The lowest BCUT2D eigenvalue weighted by atomic mass is 9.99. The largest absolute Gasteiger partial charge is 0.288 e. The molecule has 2 bridgehead atoms. The van der Waals surface area contributed by atoms with Crippen molar-refractivity contribution in [2.24, 2.45) is 0 Å². The van der Waals surface area contributed by atoms with E-state index < -0.39 is 0 Å². The molecule has 0 aliphatic carbocycles. The quantitative estimate of drug-likeness (QED) is 0.828. The maximum Gasteiger partial charge on any atom is 0.115 e. The molecule has 2 aromatic rings. The summed E-state index contributed by atoms with van der Waals surface area (Å²) in [5.74, 6) is 0. The van der Waals surface area contributed by atoms with E-state index in [0.29, 0.717) is 12.1 Å². The Bertz CT molecular complexity index is 552. The van der Waals surface area contributed by atoms with Crippen LogP contribution < -0.4 is 0 Å². The summed E-state index contributed by atoms with van der Waals surface area (Å²) in [5, 5.41) is 2.16. The number of hydrogen-bond acceptors (Lipinski definition) is 4. The van der Waals surface area contributed by atoms with Crippen molar-refractivity contribution in [3.05, 3.63) is 46.2 Å². The third kappa shape index (κ3) is 1.60. The smallest absolute Gasteiger partial charge is 0.115 e. The highest BCUT2D eigenvalue weighted by Gasteiger charge is 2.40. The zero-order valence-corrected chi connectivity index (χ0v) is 10.9. The minimum Gasteiger partial charge on any atom is -0.288 e. The molecule has 0 saturated carbocycles. The van der Waals surface area contributed by atoms with E-state index >= 15 is 0 Å². The first-order chi connectivity index (χ1) is 8.92. The van der Waals surface area contributed by atoms with Crippen LogP contribution in [0.4, 0.5) is 0 Å². The zero-order valence-electron chi connectivity index (χ0n) is 10.1. The molecule has 1 fully saturated rings. The Morgan fingerprint density at radius 3 is 3.28 bits per heavy atom. The molecule has 0 N–H and O–H groups in total. The molecule has 18 heavy (non-hydrogen) atoms. The maximum absolute atomic E-state index is 4.46. The Morgan fingerprint density at radius 2 is 2.39 bits per heavy atom. The Labute approximate surface area is 111 Å². The van der Waals surface area contributed by atoms with Crippen molar-refractivity contribution in [2.45, 2.75) is 37.9 Å². The molecule has 2 unspecified atom stereocenters. The van der Waals surface area contributed by atoms with Gasteiger partial charge in [0.15, 0.2) is 0 Å². The fourth-order valence-corrected chi connectivity index (χ4v) is 4.06. The van der Waals surface area contributed by atoms with E-state index in [-0.39, 0.29) is 0 Å². The van der Waals surface area contributed by atoms with Crippen LogP contribution in [0.25, 0.3) is 0 Å². The maximum atomic E-state index is 4.46. The van der Waals surface area contributed by atoms with E-state index in [9.17, 15) is 0 Å². The van der Waals surface area contributed by atoms with E-state index in [4.69, 9.17) is 0 Å². The second kappa shape index (κ2) is 4.14. The molecule has 92 valence electrons. The second-order valence-corrected chi connectivity index (χ2v) is 6.16. The van der Waals surface area contributed by atoms with Crippen LogP contribution in [0.1, 0.15) is 35.0 Å². The van der Waals surface area contributed by atoms with Crippen molar-refractivity contribution >= 4 is 11.3 Å². The predicted octanol–water partition coefficient (Wildman–Crippen LogP) is 2.80. The molecule has 2 aliphatic rings. The molecular formula is C14H15N3S. The molecular weight excluding hydrogens is 242 g/mol. The summed E-state index contributed by atoms with van der Waals surface area (Å²) in [5.41, 5.74) is 2.64. The molecule has 2 atom stereocenters. The fraction of sp³-hybridized carbons (Fsp3) is 0.429. The lowest BCUT2D eigenvalue weighted by Crippen LogP contribution is -2.37. The summed E-state index contributed by atoms with van der Waals surface area (Å²) in [7, 11) is 0. The summed E-state index contributed by atoms with van der Waals surface area (Å²) in [6.07, 6.45) is 7.37. The molecule has 0 amide bonds. The zero-order chi connectivity index (χ0) is 11.9. The molecule has 4 heterocycles. The van der Waals surface area contributed by atoms with Gasteiger partial charge in [0, 0.05) is 41.7 Å².